The summed E-state index contributed by atoms with van der Waals surface area (Å²) in [6.07, 6.45) is 2.61. The van der Waals surface area contributed by atoms with Gasteiger partial charge in [0.25, 0.3) is 5.91 Å². The summed E-state index contributed by atoms with van der Waals surface area (Å²) in [4.78, 5) is 25.9. The number of ketones is 1. The standard InChI is InChI=1S/C14H15NO2/c16-13-8-10-6-7-12(13)15(9-10)14(17)11-4-2-1-3-5-11/h1-5,10,12H,6-9H2. The molecule has 2 unspecified atom stereocenters. The van der Waals surface area contributed by atoms with E-state index in [1.165, 1.54) is 0 Å². The zero-order valence-electron chi connectivity index (χ0n) is 9.63. The Hall–Kier alpha value is -1.64. The third kappa shape index (κ3) is 1.75. The molecule has 2 bridgehead atoms. The lowest BCUT2D eigenvalue weighted by atomic mass is 9.79. The van der Waals surface area contributed by atoms with Crippen LogP contribution in [0.2, 0.25) is 0 Å². The fourth-order valence-electron chi connectivity index (χ4n) is 2.94. The first kappa shape index (κ1) is 10.5. The van der Waals surface area contributed by atoms with E-state index in [1.54, 1.807) is 4.90 Å². The van der Waals surface area contributed by atoms with Crippen molar-refractivity contribution >= 4 is 11.7 Å². The van der Waals surface area contributed by atoms with Crippen molar-refractivity contribution in [1.29, 1.82) is 0 Å². The predicted octanol–water partition coefficient (Wildman–Crippen LogP) is 1.88. The molecule has 3 fully saturated rings. The van der Waals surface area contributed by atoms with Crippen molar-refractivity contribution in [1.82, 2.24) is 4.90 Å². The monoisotopic (exact) mass is 229 g/mol. The second-order valence-corrected chi connectivity index (χ2v) is 4.95. The lowest BCUT2D eigenvalue weighted by Crippen LogP contribution is -2.55. The highest BCUT2D eigenvalue weighted by Gasteiger charge is 2.41. The molecule has 4 rings (SSSR count). The van der Waals surface area contributed by atoms with Gasteiger partial charge < -0.3 is 4.90 Å². The molecular formula is C14H15NO2. The molecular weight excluding hydrogens is 214 g/mol. The Bertz CT molecular complexity index is 455. The Labute approximate surface area is 100 Å². The van der Waals surface area contributed by atoms with Gasteiger partial charge in [-0.15, -0.1) is 0 Å². The lowest BCUT2D eigenvalue weighted by Gasteiger charge is -2.44. The van der Waals surface area contributed by atoms with Crippen molar-refractivity contribution in [2.75, 3.05) is 6.54 Å². The predicted molar refractivity (Wildman–Crippen MR) is 63.6 cm³/mol. The quantitative estimate of drug-likeness (QED) is 0.737. The van der Waals surface area contributed by atoms with E-state index in [0.717, 1.165) is 19.4 Å². The van der Waals surface area contributed by atoms with Gasteiger partial charge in [0, 0.05) is 18.5 Å². The van der Waals surface area contributed by atoms with Crippen LogP contribution in [-0.2, 0) is 4.79 Å². The molecule has 2 heterocycles. The molecule has 88 valence electrons. The molecule has 0 spiro atoms. The molecule has 1 aliphatic carbocycles. The van der Waals surface area contributed by atoms with Crippen LogP contribution in [0.1, 0.15) is 29.6 Å². The van der Waals surface area contributed by atoms with E-state index in [1.807, 2.05) is 30.3 Å². The number of hydrogen-bond acceptors (Lipinski definition) is 2. The number of carbonyl (C=O) groups excluding carboxylic acids is 2. The number of piperidine rings is 2. The van der Waals surface area contributed by atoms with E-state index in [9.17, 15) is 9.59 Å². The largest absolute Gasteiger partial charge is 0.328 e. The fraction of sp³-hybridized carbons (Fsp3) is 0.429. The summed E-state index contributed by atoms with van der Waals surface area (Å²) in [7, 11) is 0. The Balaban J connectivity index is 1.86. The maximum absolute atomic E-state index is 12.3. The third-order valence-electron chi connectivity index (χ3n) is 3.82. The smallest absolute Gasteiger partial charge is 0.254 e. The van der Waals surface area contributed by atoms with Gasteiger partial charge in [-0.3, -0.25) is 9.59 Å². The number of carbonyl (C=O) groups is 2. The van der Waals surface area contributed by atoms with Gasteiger partial charge in [0.15, 0.2) is 5.78 Å². The van der Waals surface area contributed by atoms with Crippen LogP contribution in [0.4, 0.5) is 0 Å². The second kappa shape index (κ2) is 3.99. The van der Waals surface area contributed by atoms with Gasteiger partial charge in [-0.25, -0.2) is 0 Å². The van der Waals surface area contributed by atoms with Gasteiger partial charge in [-0.05, 0) is 30.9 Å². The summed E-state index contributed by atoms with van der Waals surface area (Å²) in [5.41, 5.74) is 0.688. The normalized spacial score (nSPS) is 27.3. The highest BCUT2D eigenvalue weighted by molar-refractivity contribution is 5.99. The SMILES string of the molecule is O=C1CC2CCC1N(C(=O)c1ccccc1)C2. The van der Waals surface area contributed by atoms with Crippen LogP contribution in [-0.4, -0.2) is 29.2 Å². The van der Waals surface area contributed by atoms with E-state index >= 15 is 0 Å². The summed E-state index contributed by atoms with van der Waals surface area (Å²) in [5.74, 6) is 0.644. The van der Waals surface area contributed by atoms with Crippen LogP contribution in [0.5, 0.6) is 0 Å². The Kier molecular flexibility index (Phi) is 2.46. The van der Waals surface area contributed by atoms with Crippen LogP contribution in [0, 0.1) is 5.92 Å². The summed E-state index contributed by atoms with van der Waals surface area (Å²) < 4.78 is 0. The highest BCUT2D eigenvalue weighted by Crippen LogP contribution is 2.33. The summed E-state index contributed by atoms with van der Waals surface area (Å²) >= 11 is 0. The average molecular weight is 229 g/mol. The molecule has 0 radical (unpaired) electrons. The zero-order valence-corrected chi connectivity index (χ0v) is 9.63. The minimum Gasteiger partial charge on any atom is -0.328 e. The molecule has 2 atom stereocenters. The molecule has 1 saturated carbocycles. The molecule has 1 aromatic rings. The van der Waals surface area contributed by atoms with Crippen molar-refractivity contribution < 1.29 is 9.59 Å². The van der Waals surface area contributed by atoms with Gasteiger partial charge in [0.05, 0.1) is 6.04 Å². The van der Waals surface area contributed by atoms with Gasteiger partial charge >= 0.3 is 0 Å². The van der Waals surface area contributed by atoms with E-state index in [4.69, 9.17) is 0 Å². The maximum Gasteiger partial charge on any atom is 0.254 e. The zero-order chi connectivity index (χ0) is 11.8. The molecule has 3 aliphatic rings. The van der Waals surface area contributed by atoms with Gasteiger partial charge in [0.1, 0.15) is 0 Å². The molecule has 3 nitrogen and oxygen atoms in total. The van der Waals surface area contributed by atoms with E-state index < -0.39 is 0 Å². The number of rotatable bonds is 1. The van der Waals surface area contributed by atoms with E-state index in [-0.39, 0.29) is 17.7 Å². The first-order valence-corrected chi connectivity index (χ1v) is 6.14. The van der Waals surface area contributed by atoms with Gasteiger partial charge in [-0.2, -0.15) is 0 Å². The first-order valence-electron chi connectivity index (χ1n) is 6.14. The second-order valence-electron chi connectivity index (χ2n) is 4.95. The Morgan fingerprint density at radius 1 is 1.18 bits per heavy atom. The first-order chi connectivity index (χ1) is 8.25. The lowest BCUT2D eigenvalue weighted by molar-refractivity contribution is -0.131. The van der Waals surface area contributed by atoms with Crippen LogP contribution >= 0.6 is 0 Å². The van der Waals surface area contributed by atoms with Crippen molar-refractivity contribution in [3.8, 4) is 0 Å². The molecule has 1 aromatic carbocycles. The molecule has 3 heteroatoms. The van der Waals surface area contributed by atoms with Crippen LogP contribution < -0.4 is 0 Å². The van der Waals surface area contributed by atoms with E-state index in [0.29, 0.717) is 17.9 Å². The van der Waals surface area contributed by atoms with Crippen LogP contribution in [0.25, 0.3) is 0 Å². The van der Waals surface area contributed by atoms with E-state index in [2.05, 4.69) is 0 Å². The minimum atomic E-state index is -0.160. The van der Waals surface area contributed by atoms with Crippen molar-refractivity contribution in [3.05, 3.63) is 35.9 Å². The number of benzene rings is 1. The molecule has 0 aromatic heterocycles. The summed E-state index contributed by atoms with van der Waals surface area (Å²) in [5, 5.41) is 0. The summed E-state index contributed by atoms with van der Waals surface area (Å²) in [6, 6.07) is 9.08. The summed E-state index contributed by atoms with van der Waals surface area (Å²) in [6.45, 7) is 0.754. The average Bonchev–Trinajstić information content (AvgIpc) is 2.39. The fourth-order valence-corrected chi connectivity index (χ4v) is 2.94. The van der Waals surface area contributed by atoms with Gasteiger partial charge in [-0.1, -0.05) is 18.2 Å². The van der Waals surface area contributed by atoms with Crippen molar-refractivity contribution in [3.63, 3.8) is 0 Å². The molecule has 17 heavy (non-hydrogen) atoms. The number of Topliss-reactive ketones (excluding diaryl/α,β-unsaturated/α-hetero) is 1. The molecule has 1 amide bonds. The van der Waals surface area contributed by atoms with Crippen molar-refractivity contribution in [2.45, 2.75) is 25.3 Å². The number of hydrogen-bond donors (Lipinski definition) is 0. The van der Waals surface area contributed by atoms with Crippen molar-refractivity contribution in [2.24, 2.45) is 5.92 Å². The molecule has 2 aliphatic heterocycles. The topological polar surface area (TPSA) is 37.4 Å². The Morgan fingerprint density at radius 2 is 1.94 bits per heavy atom. The third-order valence-corrected chi connectivity index (χ3v) is 3.82. The Morgan fingerprint density at radius 3 is 2.59 bits per heavy atom. The number of nitrogens with zero attached hydrogens (tertiary/aromatic N) is 1. The molecule has 2 saturated heterocycles. The number of amides is 1. The van der Waals surface area contributed by atoms with Crippen LogP contribution in [0.3, 0.4) is 0 Å². The number of fused-ring (bicyclic) bond motifs is 3. The maximum atomic E-state index is 12.3. The minimum absolute atomic E-state index is 0.00773. The van der Waals surface area contributed by atoms with Gasteiger partial charge in [0.2, 0.25) is 0 Å². The van der Waals surface area contributed by atoms with Crippen LogP contribution in [0.15, 0.2) is 30.3 Å². The highest BCUT2D eigenvalue weighted by atomic mass is 16.2. The molecule has 0 N–H and O–H groups in total.